The Bertz CT molecular complexity index is 616. The highest BCUT2D eigenvalue weighted by Gasteiger charge is 2.18. The molecule has 1 aromatic carbocycles. The summed E-state index contributed by atoms with van der Waals surface area (Å²) in [6.07, 6.45) is 2.92. The fourth-order valence-corrected chi connectivity index (χ4v) is 1.82. The standard InChI is InChI=1S/C15H19N3O3/c1-15(2,3)21-14(19)18-13-7-11(20-4)5-6-12(13)10-8-16-17-9-10/h5-9H,1-4H3,(H,16,17)(H,18,19). The Morgan fingerprint density at radius 2 is 2.10 bits per heavy atom. The van der Waals surface area contributed by atoms with Gasteiger partial charge in [0.1, 0.15) is 11.4 Å². The molecule has 0 saturated heterocycles. The van der Waals surface area contributed by atoms with Gasteiger partial charge in [0.15, 0.2) is 0 Å². The summed E-state index contributed by atoms with van der Waals surface area (Å²) in [5.74, 6) is 0.647. The number of aromatic amines is 1. The maximum absolute atomic E-state index is 12.0. The molecule has 0 spiro atoms. The van der Waals surface area contributed by atoms with Crippen LogP contribution in [0.4, 0.5) is 10.5 Å². The number of H-pyrrole nitrogens is 1. The molecule has 2 aromatic rings. The summed E-state index contributed by atoms with van der Waals surface area (Å²) in [4.78, 5) is 12.0. The lowest BCUT2D eigenvalue weighted by Gasteiger charge is -2.20. The summed E-state index contributed by atoms with van der Waals surface area (Å²) < 4.78 is 10.5. The third-order valence-corrected chi connectivity index (χ3v) is 2.67. The fraction of sp³-hybridized carbons (Fsp3) is 0.333. The number of nitrogens with one attached hydrogen (secondary N) is 2. The number of rotatable bonds is 3. The van der Waals surface area contributed by atoms with E-state index in [9.17, 15) is 4.79 Å². The molecule has 0 aliphatic rings. The van der Waals surface area contributed by atoms with Gasteiger partial charge in [0.2, 0.25) is 0 Å². The molecule has 112 valence electrons. The summed E-state index contributed by atoms with van der Waals surface area (Å²) in [5.41, 5.74) is 1.74. The van der Waals surface area contributed by atoms with Crippen molar-refractivity contribution < 1.29 is 14.3 Å². The first-order valence-electron chi connectivity index (χ1n) is 6.56. The van der Waals surface area contributed by atoms with Crippen LogP contribution in [0.25, 0.3) is 11.1 Å². The van der Waals surface area contributed by atoms with Crippen molar-refractivity contribution in [3.63, 3.8) is 0 Å². The zero-order valence-electron chi connectivity index (χ0n) is 12.6. The number of carbonyl (C=O) groups excluding carboxylic acids is 1. The third kappa shape index (κ3) is 3.98. The molecule has 1 heterocycles. The number of hydrogen-bond acceptors (Lipinski definition) is 4. The SMILES string of the molecule is COc1ccc(-c2cn[nH]c2)c(NC(=O)OC(C)(C)C)c1. The second kappa shape index (κ2) is 5.87. The van der Waals surface area contributed by atoms with Crippen LogP contribution in [-0.2, 0) is 4.74 Å². The van der Waals surface area contributed by atoms with Crippen LogP contribution in [0.15, 0.2) is 30.6 Å². The third-order valence-electron chi connectivity index (χ3n) is 2.67. The first-order valence-corrected chi connectivity index (χ1v) is 6.56. The number of anilines is 1. The molecular formula is C15H19N3O3. The molecule has 6 heteroatoms. The number of carbonyl (C=O) groups is 1. The van der Waals surface area contributed by atoms with Crippen molar-refractivity contribution in [3.05, 3.63) is 30.6 Å². The topological polar surface area (TPSA) is 76.2 Å². The van der Waals surface area contributed by atoms with Crippen molar-refractivity contribution in [2.75, 3.05) is 12.4 Å². The van der Waals surface area contributed by atoms with Crippen molar-refractivity contribution in [2.24, 2.45) is 0 Å². The first kappa shape index (κ1) is 14.9. The summed E-state index contributed by atoms with van der Waals surface area (Å²) in [7, 11) is 1.57. The predicted octanol–water partition coefficient (Wildman–Crippen LogP) is 3.43. The van der Waals surface area contributed by atoms with Crippen LogP contribution in [0.2, 0.25) is 0 Å². The number of aromatic nitrogens is 2. The molecule has 0 bridgehead atoms. The molecule has 0 unspecified atom stereocenters. The Hall–Kier alpha value is -2.50. The van der Waals surface area contributed by atoms with E-state index in [1.54, 1.807) is 25.6 Å². The predicted molar refractivity (Wildman–Crippen MR) is 80.4 cm³/mol. The second-order valence-corrected chi connectivity index (χ2v) is 5.53. The van der Waals surface area contributed by atoms with E-state index >= 15 is 0 Å². The zero-order chi connectivity index (χ0) is 15.5. The molecule has 0 atom stereocenters. The number of amides is 1. The average Bonchev–Trinajstić information content (AvgIpc) is 2.90. The van der Waals surface area contributed by atoms with E-state index in [1.165, 1.54) is 0 Å². The highest BCUT2D eigenvalue weighted by atomic mass is 16.6. The van der Waals surface area contributed by atoms with E-state index in [1.807, 2.05) is 32.9 Å². The second-order valence-electron chi connectivity index (χ2n) is 5.53. The van der Waals surface area contributed by atoms with Gasteiger partial charge in [-0.1, -0.05) is 0 Å². The van der Waals surface area contributed by atoms with Gasteiger partial charge >= 0.3 is 6.09 Å². The molecule has 2 N–H and O–H groups in total. The largest absolute Gasteiger partial charge is 0.497 e. The Balaban J connectivity index is 2.30. The Morgan fingerprint density at radius 3 is 2.67 bits per heavy atom. The molecule has 0 aliphatic carbocycles. The minimum Gasteiger partial charge on any atom is -0.497 e. The maximum atomic E-state index is 12.0. The van der Waals surface area contributed by atoms with Crippen LogP contribution >= 0.6 is 0 Å². The molecule has 1 amide bonds. The van der Waals surface area contributed by atoms with E-state index < -0.39 is 11.7 Å². The Labute approximate surface area is 123 Å². The van der Waals surface area contributed by atoms with E-state index in [0.717, 1.165) is 11.1 Å². The van der Waals surface area contributed by atoms with Crippen molar-refractivity contribution >= 4 is 11.8 Å². The molecule has 2 rings (SSSR count). The molecule has 1 aromatic heterocycles. The van der Waals surface area contributed by atoms with Crippen LogP contribution in [0.3, 0.4) is 0 Å². The van der Waals surface area contributed by atoms with Crippen molar-refractivity contribution in [2.45, 2.75) is 26.4 Å². The van der Waals surface area contributed by atoms with E-state index in [-0.39, 0.29) is 0 Å². The summed E-state index contributed by atoms with van der Waals surface area (Å²) >= 11 is 0. The van der Waals surface area contributed by atoms with Gasteiger partial charge in [0.05, 0.1) is 19.0 Å². The van der Waals surface area contributed by atoms with Crippen molar-refractivity contribution in [1.29, 1.82) is 0 Å². The molecule has 0 radical (unpaired) electrons. The van der Waals surface area contributed by atoms with Gasteiger partial charge in [0, 0.05) is 23.4 Å². The monoisotopic (exact) mass is 289 g/mol. The molecular weight excluding hydrogens is 270 g/mol. The lowest BCUT2D eigenvalue weighted by atomic mass is 10.1. The van der Waals surface area contributed by atoms with Crippen LogP contribution in [0.1, 0.15) is 20.8 Å². The van der Waals surface area contributed by atoms with Gasteiger partial charge < -0.3 is 9.47 Å². The highest BCUT2D eigenvalue weighted by Crippen LogP contribution is 2.31. The van der Waals surface area contributed by atoms with Crippen LogP contribution < -0.4 is 10.1 Å². The van der Waals surface area contributed by atoms with Gasteiger partial charge in [-0.05, 0) is 32.9 Å². The molecule has 0 saturated carbocycles. The number of hydrogen-bond donors (Lipinski definition) is 2. The van der Waals surface area contributed by atoms with E-state index in [4.69, 9.17) is 9.47 Å². The molecule has 0 aliphatic heterocycles. The number of nitrogens with zero attached hydrogens (tertiary/aromatic N) is 1. The van der Waals surface area contributed by atoms with Crippen molar-refractivity contribution in [1.82, 2.24) is 10.2 Å². The van der Waals surface area contributed by atoms with Gasteiger partial charge in [-0.2, -0.15) is 5.10 Å². The molecule has 21 heavy (non-hydrogen) atoms. The number of ether oxygens (including phenoxy) is 2. The zero-order valence-corrected chi connectivity index (χ0v) is 12.6. The lowest BCUT2D eigenvalue weighted by Crippen LogP contribution is -2.27. The van der Waals surface area contributed by atoms with Gasteiger partial charge in [0.25, 0.3) is 0 Å². The van der Waals surface area contributed by atoms with Gasteiger partial charge in [-0.3, -0.25) is 10.4 Å². The van der Waals surface area contributed by atoms with Crippen LogP contribution in [-0.4, -0.2) is 29.0 Å². The summed E-state index contributed by atoms with van der Waals surface area (Å²) in [5, 5.41) is 9.42. The average molecular weight is 289 g/mol. The summed E-state index contributed by atoms with van der Waals surface area (Å²) in [6.45, 7) is 5.44. The molecule has 0 fully saturated rings. The van der Waals surface area contributed by atoms with Crippen LogP contribution in [0, 0.1) is 0 Å². The van der Waals surface area contributed by atoms with Gasteiger partial charge in [-0.15, -0.1) is 0 Å². The molecule has 6 nitrogen and oxygen atoms in total. The number of methoxy groups -OCH3 is 1. The Kier molecular flexibility index (Phi) is 4.16. The lowest BCUT2D eigenvalue weighted by molar-refractivity contribution is 0.0636. The number of benzene rings is 1. The minimum absolute atomic E-state index is 0.513. The quantitative estimate of drug-likeness (QED) is 0.907. The minimum atomic E-state index is -0.557. The maximum Gasteiger partial charge on any atom is 0.412 e. The van der Waals surface area contributed by atoms with Gasteiger partial charge in [-0.25, -0.2) is 4.79 Å². The fourth-order valence-electron chi connectivity index (χ4n) is 1.82. The smallest absolute Gasteiger partial charge is 0.412 e. The Morgan fingerprint density at radius 1 is 1.33 bits per heavy atom. The van der Waals surface area contributed by atoms with E-state index in [0.29, 0.717) is 11.4 Å². The first-order chi connectivity index (χ1) is 9.89. The van der Waals surface area contributed by atoms with Crippen molar-refractivity contribution in [3.8, 4) is 16.9 Å². The van der Waals surface area contributed by atoms with E-state index in [2.05, 4.69) is 15.5 Å². The van der Waals surface area contributed by atoms with Crippen LogP contribution in [0.5, 0.6) is 5.75 Å². The summed E-state index contributed by atoms with van der Waals surface area (Å²) in [6, 6.07) is 5.42. The highest BCUT2D eigenvalue weighted by molar-refractivity contribution is 5.92. The normalized spacial score (nSPS) is 11.0.